The van der Waals surface area contributed by atoms with Gasteiger partial charge in [0.05, 0.1) is 5.25 Å². The van der Waals surface area contributed by atoms with E-state index < -0.39 is 33.6 Å². The summed E-state index contributed by atoms with van der Waals surface area (Å²) in [5.41, 5.74) is -2.64. The van der Waals surface area contributed by atoms with Gasteiger partial charge in [-0.1, -0.05) is 13.8 Å². The average Bonchev–Trinajstić information content (AvgIpc) is 2.13. The van der Waals surface area contributed by atoms with Crippen LogP contribution in [0.2, 0.25) is 0 Å². The molecule has 16 heavy (non-hydrogen) atoms. The molecule has 0 spiro atoms. The molecule has 0 amide bonds. The van der Waals surface area contributed by atoms with Crippen molar-refractivity contribution >= 4 is 10.1 Å². The molecule has 0 bridgehead atoms. The van der Waals surface area contributed by atoms with E-state index in [0.717, 1.165) is 6.92 Å². The Morgan fingerprint density at radius 3 is 1.94 bits per heavy atom. The molecule has 0 radical (unpaired) electrons. The highest BCUT2D eigenvalue weighted by molar-refractivity contribution is 7.87. The zero-order valence-electron chi connectivity index (χ0n) is 9.76. The molecule has 0 aromatic rings. The van der Waals surface area contributed by atoms with Gasteiger partial charge in [-0.15, -0.1) is 0 Å². The first-order chi connectivity index (χ1) is 7.00. The zero-order valence-corrected chi connectivity index (χ0v) is 10.6. The minimum atomic E-state index is -4.71. The fourth-order valence-corrected chi connectivity index (χ4v) is 2.15. The number of halogens is 3. The highest BCUT2D eigenvalue weighted by atomic mass is 32.2. The summed E-state index contributed by atoms with van der Waals surface area (Å²) in [6.45, 7) is 4.87. The van der Waals surface area contributed by atoms with Gasteiger partial charge < -0.3 is 0 Å². The molecule has 0 fully saturated rings. The Morgan fingerprint density at radius 2 is 1.69 bits per heavy atom. The number of hydrogen-bond acceptors (Lipinski definition) is 3. The van der Waals surface area contributed by atoms with Crippen molar-refractivity contribution in [2.24, 2.45) is 0 Å². The van der Waals surface area contributed by atoms with Gasteiger partial charge in [0.25, 0.3) is 10.1 Å². The highest BCUT2D eigenvalue weighted by Gasteiger charge is 2.54. The lowest BCUT2D eigenvalue weighted by atomic mass is 10.0. The zero-order chi connectivity index (χ0) is 13.2. The van der Waals surface area contributed by atoms with Crippen molar-refractivity contribution in [3.63, 3.8) is 0 Å². The van der Waals surface area contributed by atoms with Crippen LogP contribution in [0.5, 0.6) is 0 Å². The van der Waals surface area contributed by atoms with Crippen molar-refractivity contribution in [3.05, 3.63) is 0 Å². The Hall–Kier alpha value is -0.300. The van der Waals surface area contributed by atoms with Gasteiger partial charge in [-0.2, -0.15) is 21.6 Å². The average molecular weight is 262 g/mol. The van der Waals surface area contributed by atoms with Crippen molar-refractivity contribution in [3.8, 4) is 0 Å². The van der Waals surface area contributed by atoms with E-state index in [1.165, 1.54) is 13.8 Å². The molecule has 7 heteroatoms. The molecule has 0 N–H and O–H groups in total. The normalized spacial score (nSPS) is 19.2. The van der Waals surface area contributed by atoms with Crippen molar-refractivity contribution in [1.82, 2.24) is 0 Å². The second-order valence-corrected chi connectivity index (χ2v) is 5.83. The van der Waals surface area contributed by atoms with E-state index >= 15 is 0 Å². The molecule has 0 aliphatic rings. The number of hydrogen-bond donors (Lipinski definition) is 0. The highest BCUT2D eigenvalue weighted by Crippen LogP contribution is 2.37. The first kappa shape index (κ1) is 15.7. The molecule has 0 aliphatic carbocycles. The van der Waals surface area contributed by atoms with Crippen molar-refractivity contribution < 1.29 is 25.8 Å². The standard InChI is InChI=1S/C9H17F3O3S/c1-5-7(3)16(13,14)15-8(4,6-2)9(10,11)12/h7H,5-6H2,1-4H3. The lowest BCUT2D eigenvalue weighted by Crippen LogP contribution is -2.47. The Kier molecular flexibility index (Phi) is 4.82. The van der Waals surface area contributed by atoms with E-state index in [0.29, 0.717) is 0 Å². The van der Waals surface area contributed by atoms with Crippen molar-refractivity contribution in [2.75, 3.05) is 0 Å². The Morgan fingerprint density at radius 1 is 1.25 bits per heavy atom. The topological polar surface area (TPSA) is 43.4 Å². The van der Waals surface area contributed by atoms with Crippen molar-refractivity contribution in [1.29, 1.82) is 0 Å². The molecular weight excluding hydrogens is 245 g/mol. The Bertz CT molecular complexity index is 323. The van der Waals surface area contributed by atoms with Crippen LogP contribution in [0, 0.1) is 0 Å². The molecule has 0 aliphatic heterocycles. The second kappa shape index (κ2) is 4.91. The summed E-state index contributed by atoms with van der Waals surface area (Å²) in [5.74, 6) is 0. The van der Waals surface area contributed by atoms with Crippen molar-refractivity contribution in [2.45, 2.75) is 57.6 Å². The molecule has 0 aromatic heterocycles. The summed E-state index contributed by atoms with van der Waals surface area (Å²) in [4.78, 5) is 0. The minimum absolute atomic E-state index is 0.208. The smallest absolute Gasteiger partial charge is 0.254 e. The lowest BCUT2D eigenvalue weighted by molar-refractivity contribution is -0.241. The third kappa shape index (κ3) is 3.35. The van der Waals surface area contributed by atoms with Gasteiger partial charge in [-0.05, 0) is 26.7 Å². The fourth-order valence-electron chi connectivity index (χ4n) is 0.849. The van der Waals surface area contributed by atoms with Crippen LogP contribution in [-0.4, -0.2) is 25.4 Å². The lowest BCUT2D eigenvalue weighted by Gasteiger charge is -2.31. The summed E-state index contributed by atoms with van der Waals surface area (Å²) in [6, 6.07) is 0. The van der Waals surface area contributed by atoms with Crippen LogP contribution < -0.4 is 0 Å². The molecule has 0 heterocycles. The minimum Gasteiger partial charge on any atom is -0.254 e. The molecule has 98 valence electrons. The summed E-state index contributed by atoms with van der Waals surface area (Å²) in [7, 11) is -4.18. The maximum atomic E-state index is 12.6. The second-order valence-electron chi connectivity index (χ2n) is 3.88. The van der Waals surface area contributed by atoms with Crippen LogP contribution in [0.15, 0.2) is 0 Å². The number of alkyl halides is 3. The molecule has 3 nitrogen and oxygen atoms in total. The van der Waals surface area contributed by atoms with Gasteiger partial charge in [-0.3, -0.25) is 4.18 Å². The maximum absolute atomic E-state index is 12.6. The van der Waals surface area contributed by atoms with Crippen LogP contribution >= 0.6 is 0 Å². The van der Waals surface area contributed by atoms with Gasteiger partial charge >= 0.3 is 6.18 Å². The molecule has 2 unspecified atom stereocenters. The molecule has 0 rings (SSSR count). The maximum Gasteiger partial charge on any atom is 0.418 e. The van der Waals surface area contributed by atoms with E-state index in [1.54, 1.807) is 6.92 Å². The predicted molar refractivity (Wildman–Crippen MR) is 54.5 cm³/mol. The van der Waals surface area contributed by atoms with Gasteiger partial charge in [0.1, 0.15) is 0 Å². The molecule has 2 atom stereocenters. The van der Waals surface area contributed by atoms with E-state index in [2.05, 4.69) is 4.18 Å². The van der Waals surface area contributed by atoms with Gasteiger partial charge in [0.15, 0.2) is 5.60 Å². The van der Waals surface area contributed by atoms with E-state index in [9.17, 15) is 21.6 Å². The van der Waals surface area contributed by atoms with Crippen LogP contribution in [0.25, 0.3) is 0 Å². The molecule has 0 saturated carbocycles. The third-order valence-electron chi connectivity index (χ3n) is 2.64. The largest absolute Gasteiger partial charge is 0.418 e. The van der Waals surface area contributed by atoms with Gasteiger partial charge in [0.2, 0.25) is 0 Å². The third-order valence-corrected chi connectivity index (χ3v) is 4.56. The number of rotatable bonds is 5. The molecule has 0 aromatic carbocycles. The summed E-state index contributed by atoms with van der Waals surface area (Å²) in [5, 5.41) is -0.944. The predicted octanol–water partition coefficient (Wildman–Crippen LogP) is 2.86. The summed E-state index contributed by atoms with van der Waals surface area (Å²) < 4.78 is 65.1. The van der Waals surface area contributed by atoms with Crippen LogP contribution in [0.3, 0.4) is 0 Å². The van der Waals surface area contributed by atoms with E-state index in [-0.39, 0.29) is 6.42 Å². The fraction of sp³-hybridized carbons (Fsp3) is 1.00. The Balaban J connectivity index is 5.09. The van der Waals surface area contributed by atoms with Gasteiger partial charge in [0, 0.05) is 0 Å². The van der Waals surface area contributed by atoms with Crippen LogP contribution in [0.1, 0.15) is 40.5 Å². The summed E-state index contributed by atoms with van der Waals surface area (Å²) in [6.07, 6.45) is -4.95. The quantitative estimate of drug-likeness (QED) is 0.715. The molecule has 0 saturated heterocycles. The first-order valence-electron chi connectivity index (χ1n) is 5.01. The van der Waals surface area contributed by atoms with Crippen LogP contribution in [-0.2, 0) is 14.3 Å². The Labute approximate surface area is 94.1 Å². The van der Waals surface area contributed by atoms with E-state index in [1.807, 2.05) is 0 Å². The summed E-state index contributed by atoms with van der Waals surface area (Å²) >= 11 is 0. The molecular formula is C9H17F3O3S. The SMILES string of the molecule is CCC(C)S(=O)(=O)OC(C)(CC)C(F)(F)F. The first-order valence-corrected chi connectivity index (χ1v) is 6.48. The van der Waals surface area contributed by atoms with Gasteiger partial charge in [-0.25, -0.2) is 0 Å². The van der Waals surface area contributed by atoms with Crippen LogP contribution in [0.4, 0.5) is 13.2 Å². The van der Waals surface area contributed by atoms with E-state index in [4.69, 9.17) is 0 Å². The monoisotopic (exact) mass is 262 g/mol.